The molecule has 1 aromatic rings. The highest BCUT2D eigenvalue weighted by molar-refractivity contribution is 7.88. The molecule has 1 N–H and O–H groups in total. The Hall–Kier alpha value is -1.31. The Morgan fingerprint density at radius 1 is 1.44 bits per heavy atom. The summed E-state index contributed by atoms with van der Waals surface area (Å²) in [4.78, 5) is 11.7. The van der Waals surface area contributed by atoms with E-state index in [1.54, 1.807) is 30.3 Å². The van der Waals surface area contributed by atoms with Crippen LogP contribution >= 0.6 is 12.2 Å². The molecule has 1 rings (SSSR count). The van der Waals surface area contributed by atoms with Crippen molar-refractivity contribution >= 4 is 33.6 Å². The van der Waals surface area contributed by atoms with Crippen LogP contribution in [0.1, 0.15) is 10.4 Å². The van der Waals surface area contributed by atoms with Crippen molar-refractivity contribution in [3.05, 3.63) is 35.9 Å². The predicted octanol–water partition coefficient (Wildman–Crippen LogP) is 0.638. The Morgan fingerprint density at radius 3 is 2.56 bits per heavy atom. The van der Waals surface area contributed by atoms with E-state index in [9.17, 15) is 13.2 Å². The maximum atomic E-state index is 11.7. The average Bonchev–Trinajstić information content (AvgIpc) is 2.34. The van der Waals surface area contributed by atoms with E-state index in [2.05, 4.69) is 22.3 Å². The lowest BCUT2D eigenvalue weighted by Crippen LogP contribution is -2.34. The minimum Gasteiger partial charge on any atom is -0.452 e. The summed E-state index contributed by atoms with van der Waals surface area (Å²) in [5.41, 5.74) is 0.368. The molecule has 0 spiro atoms. The molecule has 1 atom stereocenters. The fourth-order valence-electron chi connectivity index (χ4n) is 1.11. The van der Waals surface area contributed by atoms with Crippen LogP contribution in [-0.2, 0) is 14.8 Å². The molecule has 0 aliphatic carbocycles. The van der Waals surface area contributed by atoms with Gasteiger partial charge in [0, 0.05) is 0 Å². The molecule has 0 saturated carbocycles. The van der Waals surface area contributed by atoms with Gasteiger partial charge >= 0.3 is 5.97 Å². The van der Waals surface area contributed by atoms with Gasteiger partial charge in [-0.2, -0.15) is 0 Å². The molecule has 1 unspecified atom stereocenters. The average molecular weight is 286 g/mol. The van der Waals surface area contributed by atoms with E-state index in [1.807, 2.05) is 0 Å². The van der Waals surface area contributed by atoms with Crippen LogP contribution in [0.15, 0.2) is 30.3 Å². The Bertz CT molecular complexity index is 513. The lowest BCUT2D eigenvalue weighted by molar-refractivity contribution is 0.0443. The van der Waals surface area contributed by atoms with Crippen LogP contribution in [0.4, 0.5) is 0 Å². The minimum absolute atomic E-state index is 0.124. The summed E-state index contributed by atoms with van der Waals surface area (Å²) in [7, 11) is -3.36. The van der Waals surface area contributed by atoms with Crippen LogP contribution in [0.25, 0.3) is 0 Å². The summed E-state index contributed by atoms with van der Waals surface area (Å²) in [6, 6.07) is 8.34. The van der Waals surface area contributed by atoms with Crippen LogP contribution in [0, 0.1) is 0 Å². The second-order valence-corrected chi connectivity index (χ2v) is 5.57. The molecule has 0 amide bonds. The number of carbonyl (C=O) groups is 1. The first kappa shape index (κ1) is 14.7. The molecule has 7 heteroatoms. The van der Waals surface area contributed by atoms with E-state index in [0.717, 1.165) is 6.26 Å². The predicted molar refractivity (Wildman–Crippen MR) is 71.1 cm³/mol. The summed E-state index contributed by atoms with van der Waals surface area (Å²) in [6.45, 7) is -0.124. The van der Waals surface area contributed by atoms with Gasteiger partial charge in [0.2, 0.25) is 10.0 Å². The summed E-state index contributed by atoms with van der Waals surface area (Å²) in [5.74, 6) is -0.576. The highest BCUT2D eigenvalue weighted by atomic mass is 32.2. The van der Waals surface area contributed by atoms with Crippen LogP contribution in [0.5, 0.6) is 0 Å². The second kappa shape index (κ2) is 6.58. The van der Waals surface area contributed by atoms with Crippen molar-refractivity contribution < 1.29 is 17.9 Å². The van der Waals surface area contributed by atoms with E-state index in [0.29, 0.717) is 5.56 Å². The molecule has 97 valence electrons. The van der Waals surface area contributed by atoms with Gasteiger partial charge < -0.3 is 4.74 Å². The Labute approximate surface area is 111 Å². The van der Waals surface area contributed by atoms with E-state index < -0.39 is 22.1 Å². The fourth-order valence-corrected chi connectivity index (χ4v) is 1.69. The Kier molecular flexibility index (Phi) is 5.39. The van der Waals surface area contributed by atoms with Gasteiger partial charge in [-0.3, -0.25) is 0 Å². The molecule has 5 nitrogen and oxygen atoms in total. The molecule has 0 saturated heterocycles. The molecule has 0 aromatic heterocycles. The van der Waals surface area contributed by atoms with Gasteiger partial charge in [-0.25, -0.2) is 17.9 Å². The molecule has 0 bridgehead atoms. The summed E-state index contributed by atoms with van der Waals surface area (Å²) < 4.78 is 29.0. The lowest BCUT2D eigenvalue weighted by atomic mass is 10.2. The van der Waals surface area contributed by atoms with Crippen molar-refractivity contribution in [1.29, 1.82) is 0 Å². The fraction of sp³-hybridized carbons (Fsp3) is 0.273. The van der Waals surface area contributed by atoms with Crippen LogP contribution in [0.2, 0.25) is 0 Å². The molecular weight excluding hydrogens is 274 g/mol. The zero-order valence-electron chi connectivity index (χ0n) is 9.62. The van der Waals surface area contributed by atoms with Crippen molar-refractivity contribution in [2.24, 2.45) is 0 Å². The third-order valence-electron chi connectivity index (χ3n) is 1.92. The molecule has 1 radical (unpaired) electrons. The van der Waals surface area contributed by atoms with Gasteiger partial charge in [-0.15, -0.1) is 0 Å². The van der Waals surface area contributed by atoms with E-state index in [1.165, 1.54) is 0 Å². The quantitative estimate of drug-likeness (QED) is 0.613. The Morgan fingerprint density at radius 2 is 2.06 bits per heavy atom. The van der Waals surface area contributed by atoms with Gasteiger partial charge in [0.15, 0.2) is 6.10 Å². The van der Waals surface area contributed by atoms with Gasteiger partial charge in [0.05, 0.1) is 23.7 Å². The number of carbonyl (C=O) groups excluding carboxylic acids is 1. The third kappa shape index (κ3) is 5.35. The van der Waals surface area contributed by atoms with E-state index in [4.69, 9.17) is 4.74 Å². The highest BCUT2D eigenvalue weighted by Crippen LogP contribution is 2.03. The molecular formula is C11H12NO4S2. The maximum Gasteiger partial charge on any atom is 0.338 e. The number of rotatable bonds is 6. The van der Waals surface area contributed by atoms with Crippen molar-refractivity contribution in [3.63, 3.8) is 0 Å². The summed E-state index contributed by atoms with van der Waals surface area (Å²) in [6.07, 6.45) is 0.106. The van der Waals surface area contributed by atoms with Crippen molar-refractivity contribution in [2.75, 3.05) is 12.8 Å². The van der Waals surface area contributed by atoms with E-state index in [-0.39, 0.29) is 6.54 Å². The minimum atomic E-state index is -3.36. The van der Waals surface area contributed by atoms with Crippen molar-refractivity contribution in [3.8, 4) is 0 Å². The first-order valence-corrected chi connectivity index (χ1v) is 7.30. The lowest BCUT2D eigenvalue weighted by Gasteiger charge is -2.12. The smallest absolute Gasteiger partial charge is 0.338 e. The largest absolute Gasteiger partial charge is 0.452 e. The number of sulfonamides is 1. The normalized spacial score (nSPS) is 12.7. The zero-order valence-corrected chi connectivity index (χ0v) is 11.3. The van der Waals surface area contributed by atoms with Crippen LogP contribution in [-0.4, -0.2) is 38.7 Å². The third-order valence-corrected chi connectivity index (χ3v) is 2.88. The standard InChI is InChI=1S/C11H12NO4S2/c1-18(14,15)12-7-10(8-17)16-11(13)9-5-3-2-4-6-9/h2-6,10,12H,7H2,1H3. The number of ether oxygens (including phenoxy) is 1. The van der Waals surface area contributed by atoms with Gasteiger partial charge in [-0.05, 0) is 12.1 Å². The molecule has 0 aliphatic rings. The molecule has 0 heterocycles. The molecule has 0 fully saturated rings. The van der Waals surface area contributed by atoms with E-state index >= 15 is 0 Å². The van der Waals surface area contributed by atoms with Crippen molar-refractivity contribution in [1.82, 2.24) is 4.72 Å². The highest BCUT2D eigenvalue weighted by Gasteiger charge is 2.15. The molecule has 18 heavy (non-hydrogen) atoms. The number of hydrogen-bond acceptors (Lipinski definition) is 5. The van der Waals surface area contributed by atoms with Crippen molar-refractivity contribution in [2.45, 2.75) is 6.10 Å². The molecule has 1 aromatic carbocycles. The summed E-state index contributed by atoms with van der Waals surface area (Å²) in [5, 5.41) is 2.29. The van der Waals surface area contributed by atoms with Gasteiger partial charge in [0.1, 0.15) is 0 Å². The first-order chi connectivity index (χ1) is 8.42. The number of benzene rings is 1. The first-order valence-electron chi connectivity index (χ1n) is 5.00. The SMILES string of the molecule is CS(=O)(=O)NCC([C]=S)OC(=O)c1ccccc1. The summed E-state index contributed by atoms with van der Waals surface area (Å²) >= 11 is 4.57. The van der Waals surface area contributed by atoms with Gasteiger partial charge in [-0.1, -0.05) is 30.4 Å². The molecule has 0 aliphatic heterocycles. The zero-order chi connectivity index (χ0) is 13.6. The number of thiocarbonyl (C=S) groups is 1. The monoisotopic (exact) mass is 286 g/mol. The number of esters is 1. The van der Waals surface area contributed by atoms with Gasteiger partial charge in [0.25, 0.3) is 0 Å². The number of hydrogen-bond donors (Lipinski definition) is 1. The van der Waals surface area contributed by atoms with Crippen LogP contribution in [0.3, 0.4) is 0 Å². The topological polar surface area (TPSA) is 72.5 Å². The van der Waals surface area contributed by atoms with Crippen LogP contribution < -0.4 is 4.72 Å². The second-order valence-electron chi connectivity index (χ2n) is 3.50. The number of nitrogens with one attached hydrogen (secondary N) is 1. The Balaban J connectivity index is 2.59. The maximum absolute atomic E-state index is 11.7.